The molecule has 0 aliphatic heterocycles. The minimum Gasteiger partial charge on any atom is -0.508 e. The van der Waals surface area contributed by atoms with Crippen LogP contribution >= 0.6 is 22.9 Å². The van der Waals surface area contributed by atoms with Crippen molar-refractivity contribution in [3.8, 4) is 17.0 Å². The Kier molecular flexibility index (Phi) is 4.14. The first-order valence-electron chi connectivity index (χ1n) is 7.77. The fourth-order valence-corrected chi connectivity index (χ4v) is 4.14. The van der Waals surface area contributed by atoms with Crippen LogP contribution in [0.2, 0.25) is 5.02 Å². The van der Waals surface area contributed by atoms with E-state index < -0.39 is 5.97 Å². The van der Waals surface area contributed by atoms with Gasteiger partial charge in [-0.2, -0.15) is 0 Å². The molecular formula is C19H13ClN2O3S. The fourth-order valence-electron chi connectivity index (χ4n) is 2.93. The lowest BCUT2D eigenvalue weighted by Gasteiger charge is -2.12. The van der Waals surface area contributed by atoms with E-state index in [2.05, 4.69) is 4.98 Å². The van der Waals surface area contributed by atoms with Gasteiger partial charge in [0.15, 0.2) is 0 Å². The molecular weight excluding hydrogens is 372 g/mol. The van der Waals surface area contributed by atoms with Gasteiger partial charge in [-0.1, -0.05) is 17.7 Å². The molecule has 7 heteroatoms. The lowest BCUT2D eigenvalue weighted by Crippen LogP contribution is -2.02. The number of rotatable bonds is 4. The molecule has 0 saturated carbocycles. The molecule has 0 radical (unpaired) electrons. The average molecular weight is 385 g/mol. The van der Waals surface area contributed by atoms with E-state index in [9.17, 15) is 15.0 Å². The van der Waals surface area contributed by atoms with Crippen LogP contribution in [0.4, 0.5) is 0 Å². The number of phenolic OH excluding ortho intramolecular Hbond substituents is 1. The maximum atomic E-state index is 11.3. The number of carboxylic acid groups (broad SMARTS) is 1. The van der Waals surface area contributed by atoms with Gasteiger partial charge in [0, 0.05) is 24.5 Å². The van der Waals surface area contributed by atoms with Crippen LogP contribution in [0.15, 0.2) is 54.9 Å². The molecule has 3 aromatic heterocycles. The minimum absolute atomic E-state index is 0.0964. The number of hydrogen-bond donors (Lipinski definition) is 2. The summed E-state index contributed by atoms with van der Waals surface area (Å²) in [6, 6.07) is 12.3. The summed E-state index contributed by atoms with van der Waals surface area (Å²) in [6.45, 7) is 0.527. The molecule has 0 bridgehead atoms. The van der Waals surface area contributed by atoms with Gasteiger partial charge in [0.2, 0.25) is 0 Å². The van der Waals surface area contributed by atoms with Crippen molar-refractivity contribution in [2.24, 2.45) is 0 Å². The predicted molar refractivity (Wildman–Crippen MR) is 102 cm³/mol. The summed E-state index contributed by atoms with van der Waals surface area (Å²) in [6.07, 6.45) is 3.48. The molecule has 3 heterocycles. The van der Waals surface area contributed by atoms with Gasteiger partial charge in [0.25, 0.3) is 0 Å². The maximum absolute atomic E-state index is 11.3. The summed E-state index contributed by atoms with van der Waals surface area (Å²) < 4.78 is 2.89. The van der Waals surface area contributed by atoms with Crippen molar-refractivity contribution in [2.45, 2.75) is 6.54 Å². The van der Waals surface area contributed by atoms with Crippen molar-refractivity contribution in [2.75, 3.05) is 0 Å². The molecule has 0 atom stereocenters. The highest BCUT2D eigenvalue weighted by Gasteiger charge is 2.18. The van der Waals surface area contributed by atoms with Crippen LogP contribution in [0, 0.1) is 0 Å². The fraction of sp³-hybridized carbons (Fsp3) is 0.0526. The lowest BCUT2D eigenvalue weighted by molar-refractivity contribution is 0.0702. The van der Waals surface area contributed by atoms with Gasteiger partial charge in [-0.05, 0) is 42.0 Å². The van der Waals surface area contributed by atoms with E-state index >= 15 is 0 Å². The van der Waals surface area contributed by atoms with Crippen LogP contribution in [0.25, 0.3) is 21.5 Å². The molecule has 0 amide bonds. The summed E-state index contributed by atoms with van der Waals surface area (Å²) in [5, 5.41) is 19.3. The van der Waals surface area contributed by atoms with Gasteiger partial charge in [-0.25, -0.2) is 4.79 Å². The first-order valence-corrected chi connectivity index (χ1v) is 8.96. The molecule has 4 rings (SSSR count). The van der Waals surface area contributed by atoms with Gasteiger partial charge >= 0.3 is 5.97 Å². The second kappa shape index (κ2) is 6.48. The Morgan fingerprint density at radius 3 is 2.77 bits per heavy atom. The number of nitrogens with zero attached hydrogens (tertiary/aromatic N) is 2. The molecule has 0 aliphatic rings. The molecule has 5 nitrogen and oxygen atoms in total. The highest BCUT2D eigenvalue weighted by atomic mass is 35.5. The SMILES string of the molecule is O=C(O)c1cc2c(cc(-c3ccc(O)cc3Cl)n2Cc2cccnc2)s1. The maximum Gasteiger partial charge on any atom is 0.345 e. The summed E-state index contributed by atoms with van der Waals surface area (Å²) >= 11 is 7.57. The van der Waals surface area contributed by atoms with Crippen LogP contribution in [0.1, 0.15) is 15.2 Å². The standard InChI is InChI=1S/C19H13ClN2O3S/c20-14-6-12(23)3-4-13(14)15-7-17-16(8-18(26-17)19(24)25)22(15)10-11-2-1-5-21-9-11/h1-9,23H,10H2,(H,24,25). The van der Waals surface area contributed by atoms with E-state index in [1.807, 2.05) is 22.8 Å². The van der Waals surface area contributed by atoms with E-state index in [0.717, 1.165) is 27.0 Å². The van der Waals surface area contributed by atoms with Crippen molar-refractivity contribution in [1.29, 1.82) is 0 Å². The smallest absolute Gasteiger partial charge is 0.345 e. The Morgan fingerprint density at radius 1 is 1.23 bits per heavy atom. The third kappa shape index (κ3) is 2.94. The number of benzene rings is 1. The average Bonchev–Trinajstić information content (AvgIpc) is 3.16. The number of carboxylic acids is 1. The number of phenols is 1. The normalized spacial score (nSPS) is 11.1. The second-order valence-electron chi connectivity index (χ2n) is 5.81. The molecule has 0 unspecified atom stereocenters. The molecule has 2 N–H and O–H groups in total. The number of aromatic hydroxyl groups is 1. The topological polar surface area (TPSA) is 75.3 Å². The van der Waals surface area contributed by atoms with E-state index in [-0.39, 0.29) is 5.75 Å². The van der Waals surface area contributed by atoms with Gasteiger partial charge in [-0.3, -0.25) is 4.98 Å². The molecule has 1 aromatic carbocycles. The lowest BCUT2D eigenvalue weighted by atomic mass is 10.1. The second-order valence-corrected chi connectivity index (χ2v) is 7.30. The Bertz CT molecular complexity index is 1120. The Labute approximate surface area is 157 Å². The van der Waals surface area contributed by atoms with Crippen LogP contribution in [-0.2, 0) is 6.54 Å². The molecule has 0 saturated heterocycles. The Morgan fingerprint density at radius 2 is 2.08 bits per heavy atom. The van der Waals surface area contributed by atoms with E-state index in [1.54, 1.807) is 30.6 Å². The zero-order valence-electron chi connectivity index (χ0n) is 13.4. The minimum atomic E-state index is -0.941. The number of fused-ring (bicyclic) bond motifs is 1. The molecule has 130 valence electrons. The van der Waals surface area contributed by atoms with Crippen molar-refractivity contribution in [1.82, 2.24) is 9.55 Å². The molecule has 26 heavy (non-hydrogen) atoms. The molecule has 4 aromatic rings. The van der Waals surface area contributed by atoms with Crippen molar-refractivity contribution >= 4 is 39.1 Å². The van der Waals surface area contributed by atoms with Gasteiger partial charge in [0.1, 0.15) is 10.6 Å². The Balaban J connectivity index is 1.92. The largest absolute Gasteiger partial charge is 0.508 e. The quantitative estimate of drug-likeness (QED) is 0.526. The van der Waals surface area contributed by atoms with Crippen LogP contribution in [0.5, 0.6) is 5.75 Å². The molecule has 0 fully saturated rings. The number of halogens is 1. The van der Waals surface area contributed by atoms with Crippen LogP contribution in [0.3, 0.4) is 0 Å². The van der Waals surface area contributed by atoms with E-state index in [1.165, 1.54) is 17.4 Å². The summed E-state index contributed by atoms with van der Waals surface area (Å²) in [4.78, 5) is 15.8. The number of aromatic nitrogens is 2. The van der Waals surface area contributed by atoms with Gasteiger partial charge < -0.3 is 14.8 Å². The first kappa shape index (κ1) is 16.6. The van der Waals surface area contributed by atoms with E-state index in [0.29, 0.717) is 16.4 Å². The third-order valence-electron chi connectivity index (χ3n) is 4.09. The molecule has 0 spiro atoms. The van der Waals surface area contributed by atoms with Crippen molar-refractivity contribution in [3.05, 3.63) is 70.3 Å². The highest BCUT2D eigenvalue weighted by Crippen LogP contribution is 2.38. The third-order valence-corrected chi connectivity index (χ3v) is 5.46. The van der Waals surface area contributed by atoms with Crippen LogP contribution < -0.4 is 0 Å². The number of thiophene rings is 1. The summed E-state index contributed by atoms with van der Waals surface area (Å²) in [5.74, 6) is -0.845. The Hall–Kier alpha value is -2.83. The first-order chi connectivity index (χ1) is 12.5. The monoisotopic (exact) mass is 384 g/mol. The zero-order valence-corrected chi connectivity index (χ0v) is 15.0. The zero-order chi connectivity index (χ0) is 18.3. The number of aromatic carboxylic acids is 1. The van der Waals surface area contributed by atoms with Crippen molar-refractivity contribution < 1.29 is 15.0 Å². The summed E-state index contributed by atoms with van der Waals surface area (Å²) in [7, 11) is 0. The van der Waals surface area contributed by atoms with E-state index in [4.69, 9.17) is 11.6 Å². The number of hydrogen-bond acceptors (Lipinski definition) is 4. The number of carbonyl (C=O) groups is 1. The van der Waals surface area contributed by atoms with Gasteiger partial charge in [-0.15, -0.1) is 11.3 Å². The number of pyridine rings is 1. The van der Waals surface area contributed by atoms with Crippen molar-refractivity contribution in [3.63, 3.8) is 0 Å². The van der Waals surface area contributed by atoms with Crippen LogP contribution in [-0.4, -0.2) is 25.7 Å². The predicted octanol–water partition coefficient (Wildman–Crippen LogP) is 4.87. The summed E-state index contributed by atoms with van der Waals surface area (Å²) in [5.41, 5.74) is 3.45. The molecule has 0 aliphatic carbocycles. The van der Waals surface area contributed by atoms with Gasteiger partial charge in [0.05, 0.1) is 20.9 Å². The highest BCUT2D eigenvalue weighted by molar-refractivity contribution is 7.20.